The van der Waals surface area contributed by atoms with Crippen LogP contribution in [0.3, 0.4) is 0 Å². The number of ether oxygens (including phenoxy) is 1. The third-order valence-corrected chi connectivity index (χ3v) is 3.86. The summed E-state index contributed by atoms with van der Waals surface area (Å²) in [6, 6.07) is 3.75. The maximum atomic E-state index is 6.24. The van der Waals surface area contributed by atoms with Gasteiger partial charge in [0.25, 0.3) is 0 Å². The molecule has 2 rings (SSSR count). The Labute approximate surface area is 121 Å². The smallest absolute Gasteiger partial charge is 0.148 e. The molecule has 0 aromatic carbocycles. The molecule has 0 atom stereocenters. The van der Waals surface area contributed by atoms with Crippen molar-refractivity contribution in [2.45, 2.75) is 32.2 Å². The molecule has 102 valence electrons. The number of hydrogen-bond acceptors (Lipinski definition) is 4. The van der Waals surface area contributed by atoms with Crippen molar-refractivity contribution >= 4 is 27.0 Å². The van der Waals surface area contributed by atoms with Crippen LogP contribution in [0.4, 0.5) is 0 Å². The van der Waals surface area contributed by atoms with Crippen LogP contribution >= 0.6 is 15.9 Å². The monoisotopic (exact) mass is 323 g/mol. The Morgan fingerprint density at radius 3 is 2.74 bits per heavy atom. The van der Waals surface area contributed by atoms with E-state index in [2.05, 4.69) is 39.7 Å². The second kappa shape index (κ2) is 5.84. The van der Waals surface area contributed by atoms with Crippen molar-refractivity contribution in [3.8, 4) is 5.75 Å². The molecule has 0 amide bonds. The number of hydrogen-bond donors (Lipinski definition) is 1. The molecule has 0 fully saturated rings. The lowest BCUT2D eigenvalue weighted by Crippen LogP contribution is -2.44. The highest BCUT2D eigenvalue weighted by Gasteiger charge is 2.21. The third-order valence-electron chi connectivity index (χ3n) is 3.43. The number of aromatic nitrogens is 2. The van der Waals surface area contributed by atoms with Crippen LogP contribution in [-0.2, 0) is 0 Å². The van der Waals surface area contributed by atoms with Gasteiger partial charge < -0.3 is 10.5 Å². The van der Waals surface area contributed by atoms with E-state index in [1.807, 2.05) is 12.1 Å². The molecule has 2 aromatic rings. The molecule has 2 aromatic heterocycles. The van der Waals surface area contributed by atoms with Gasteiger partial charge in [-0.15, -0.1) is 0 Å². The van der Waals surface area contributed by atoms with Crippen LogP contribution in [0.15, 0.2) is 29.0 Å². The maximum Gasteiger partial charge on any atom is 0.148 e. The van der Waals surface area contributed by atoms with E-state index in [4.69, 9.17) is 10.5 Å². The molecule has 0 aliphatic heterocycles. The van der Waals surface area contributed by atoms with E-state index in [9.17, 15) is 0 Å². The second-order valence-electron chi connectivity index (χ2n) is 4.69. The Morgan fingerprint density at radius 2 is 2.05 bits per heavy atom. The lowest BCUT2D eigenvalue weighted by Gasteiger charge is -2.26. The largest absolute Gasteiger partial charge is 0.489 e. The van der Waals surface area contributed by atoms with Crippen LogP contribution in [0.5, 0.6) is 5.75 Å². The zero-order valence-electron chi connectivity index (χ0n) is 11.2. The summed E-state index contributed by atoms with van der Waals surface area (Å²) in [5.74, 6) is 0.731. The molecular formula is C14H18BrN3O. The Hall–Kier alpha value is -1.20. The van der Waals surface area contributed by atoms with Crippen LogP contribution in [0.2, 0.25) is 0 Å². The maximum absolute atomic E-state index is 6.24. The lowest BCUT2D eigenvalue weighted by molar-refractivity contribution is 0.209. The van der Waals surface area contributed by atoms with Crippen molar-refractivity contribution < 1.29 is 4.74 Å². The normalized spacial score (nSPS) is 11.8. The van der Waals surface area contributed by atoms with Gasteiger partial charge in [0.2, 0.25) is 0 Å². The Kier molecular flexibility index (Phi) is 4.37. The van der Waals surface area contributed by atoms with Crippen molar-refractivity contribution in [3.63, 3.8) is 0 Å². The van der Waals surface area contributed by atoms with Crippen molar-refractivity contribution in [1.82, 2.24) is 9.97 Å². The van der Waals surface area contributed by atoms with E-state index in [1.165, 1.54) is 0 Å². The van der Waals surface area contributed by atoms with E-state index in [1.54, 1.807) is 12.4 Å². The van der Waals surface area contributed by atoms with Crippen LogP contribution in [0.1, 0.15) is 26.7 Å². The van der Waals surface area contributed by atoms with Gasteiger partial charge in [0.1, 0.15) is 17.9 Å². The van der Waals surface area contributed by atoms with Gasteiger partial charge in [-0.2, -0.15) is 0 Å². The second-order valence-corrected chi connectivity index (χ2v) is 5.60. The summed E-state index contributed by atoms with van der Waals surface area (Å²) in [4.78, 5) is 8.64. The van der Waals surface area contributed by atoms with Crippen LogP contribution in [0.25, 0.3) is 11.0 Å². The molecule has 0 spiro atoms. The van der Waals surface area contributed by atoms with E-state index in [0.717, 1.165) is 34.1 Å². The highest BCUT2D eigenvalue weighted by Crippen LogP contribution is 2.25. The first-order valence-electron chi connectivity index (χ1n) is 6.40. The summed E-state index contributed by atoms with van der Waals surface area (Å²) in [7, 11) is 0. The number of rotatable bonds is 5. The molecule has 0 saturated carbocycles. The molecule has 0 saturated heterocycles. The van der Waals surface area contributed by atoms with Crippen LogP contribution in [0, 0.1) is 0 Å². The van der Waals surface area contributed by atoms with E-state index in [-0.39, 0.29) is 5.54 Å². The summed E-state index contributed by atoms with van der Waals surface area (Å²) in [6.07, 6.45) is 5.23. The van der Waals surface area contributed by atoms with Gasteiger partial charge in [0.15, 0.2) is 0 Å². The average molecular weight is 324 g/mol. The molecule has 4 nitrogen and oxygen atoms in total. The van der Waals surface area contributed by atoms with Gasteiger partial charge >= 0.3 is 0 Å². The first-order valence-corrected chi connectivity index (χ1v) is 7.19. The summed E-state index contributed by atoms with van der Waals surface area (Å²) in [6.45, 7) is 4.64. The van der Waals surface area contributed by atoms with Gasteiger partial charge in [-0.3, -0.25) is 4.98 Å². The lowest BCUT2D eigenvalue weighted by atomic mass is 9.96. The van der Waals surface area contributed by atoms with Gasteiger partial charge in [-0.25, -0.2) is 4.98 Å². The summed E-state index contributed by atoms with van der Waals surface area (Å²) >= 11 is 3.39. The molecular weight excluding hydrogens is 306 g/mol. The van der Waals surface area contributed by atoms with E-state index < -0.39 is 0 Å². The Bertz CT molecular complexity index is 570. The minimum absolute atomic E-state index is 0.287. The average Bonchev–Trinajstić information content (AvgIpc) is 2.44. The summed E-state index contributed by atoms with van der Waals surface area (Å²) in [5.41, 5.74) is 7.53. The molecule has 0 aliphatic rings. The number of pyridine rings is 2. The SMILES string of the molecule is CCC(N)(CC)COc1ccnc2cc(Br)cnc12. The number of nitrogens with two attached hydrogens (primary N) is 1. The molecule has 0 aliphatic carbocycles. The highest BCUT2D eigenvalue weighted by molar-refractivity contribution is 9.10. The van der Waals surface area contributed by atoms with E-state index >= 15 is 0 Å². The molecule has 2 heterocycles. The van der Waals surface area contributed by atoms with Gasteiger partial charge in [-0.1, -0.05) is 13.8 Å². The Balaban J connectivity index is 2.26. The van der Waals surface area contributed by atoms with Gasteiger partial charge in [-0.05, 0) is 34.8 Å². The summed E-state index contributed by atoms with van der Waals surface area (Å²) in [5, 5.41) is 0. The fourth-order valence-electron chi connectivity index (χ4n) is 1.77. The number of halogens is 1. The minimum atomic E-state index is -0.287. The zero-order chi connectivity index (χ0) is 13.9. The summed E-state index contributed by atoms with van der Waals surface area (Å²) < 4.78 is 6.77. The first kappa shape index (κ1) is 14.2. The molecule has 19 heavy (non-hydrogen) atoms. The third kappa shape index (κ3) is 3.22. The van der Waals surface area contributed by atoms with Crippen molar-refractivity contribution in [2.24, 2.45) is 5.73 Å². The van der Waals surface area contributed by atoms with Crippen LogP contribution < -0.4 is 10.5 Å². The van der Waals surface area contributed by atoms with Crippen molar-refractivity contribution in [1.29, 1.82) is 0 Å². The zero-order valence-corrected chi connectivity index (χ0v) is 12.8. The van der Waals surface area contributed by atoms with Gasteiger partial charge in [0, 0.05) is 28.5 Å². The van der Waals surface area contributed by atoms with Crippen molar-refractivity contribution in [3.05, 3.63) is 29.0 Å². The predicted octanol–water partition coefficient (Wildman–Crippen LogP) is 3.29. The molecule has 5 heteroatoms. The van der Waals surface area contributed by atoms with Crippen molar-refractivity contribution in [2.75, 3.05) is 6.61 Å². The first-order chi connectivity index (χ1) is 9.08. The molecule has 0 unspecified atom stereocenters. The Morgan fingerprint density at radius 1 is 1.32 bits per heavy atom. The van der Waals surface area contributed by atoms with E-state index in [0.29, 0.717) is 6.61 Å². The molecule has 0 radical (unpaired) electrons. The standard InChI is InChI=1S/C14H18BrN3O/c1-3-14(16,4-2)9-19-12-5-6-17-11-7-10(15)8-18-13(11)12/h5-8H,3-4,9,16H2,1-2H3. The van der Waals surface area contributed by atoms with Crippen LogP contribution in [-0.4, -0.2) is 22.1 Å². The predicted molar refractivity (Wildman–Crippen MR) is 80.2 cm³/mol. The number of nitrogens with zero attached hydrogens (tertiary/aromatic N) is 2. The fraction of sp³-hybridized carbons (Fsp3) is 0.429. The molecule has 2 N–H and O–H groups in total. The minimum Gasteiger partial charge on any atom is -0.489 e. The molecule has 0 bridgehead atoms. The number of fused-ring (bicyclic) bond motifs is 1. The fourth-order valence-corrected chi connectivity index (χ4v) is 2.09. The highest BCUT2D eigenvalue weighted by atomic mass is 79.9. The topological polar surface area (TPSA) is 61.0 Å². The van der Waals surface area contributed by atoms with Gasteiger partial charge in [0.05, 0.1) is 5.52 Å². The quantitative estimate of drug-likeness (QED) is 0.917.